The van der Waals surface area contributed by atoms with Crippen molar-refractivity contribution in [1.82, 2.24) is 5.32 Å². The predicted octanol–water partition coefficient (Wildman–Crippen LogP) is 7.48. The van der Waals surface area contributed by atoms with Crippen LogP contribution in [-0.2, 0) is 0 Å². The van der Waals surface area contributed by atoms with Crippen LogP contribution >= 0.6 is 0 Å². The first-order chi connectivity index (χ1) is 11.8. The van der Waals surface area contributed by atoms with Gasteiger partial charge in [-0.1, -0.05) is 95.2 Å². The van der Waals surface area contributed by atoms with Gasteiger partial charge in [-0.3, -0.25) is 0 Å². The van der Waals surface area contributed by atoms with Crippen molar-refractivity contribution >= 4 is 11.4 Å². The molecule has 1 heteroatoms. The Morgan fingerprint density at radius 1 is 0.792 bits per heavy atom. The first kappa shape index (κ1) is 17.1. The lowest BCUT2D eigenvalue weighted by atomic mass is 9.91. The van der Waals surface area contributed by atoms with Gasteiger partial charge in [0.05, 0.1) is 11.4 Å². The summed E-state index contributed by atoms with van der Waals surface area (Å²) >= 11 is 0. The SMILES string of the molecule is CCCCCCCCCC(C)c1cccc2c1[N]c1ccccc1-2. The van der Waals surface area contributed by atoms with Gasteiger partial charge in [0.25, 0.3) is 0 Å². The minimum atomic E-state index is 0.591. The summed E-state index contributed by atoms with van der Waals surface area (Å²) in [6.07, 6.45) is 10.9. The average Bonchev–Trinajstić information content (AvgIpc) is 2.99. The number of unbranched alkanes of at least 4 members (excludes halogenated alkanes) is 6. The van der Waals surface area contributed by atoms with Crippen molar-refractivity contribution in [3.05, 3.63) is 48.0 Å². The first-order valence-electron chi connectivity index (χ1n) is 9.75. The van der Waals surface area contributed by atoms with Crippen molar-refractivity contribution in [2.45, 2.75) is 71.1 Å². The Kier molecular flexibility index (Phi) is 5.96. The Hall–Kier alpha value is -1.76. The van der Waals surface area contributed by atoms with Crippen LogP contribution in [0.15, 0.2) is 42.5 Å². The molecule has 0 saturated heterocycles. The third-order valence-corrected chi connectivity index (χ3v) is 5.27. The molecule has 127 valence electrons. The fourth-order valence-corrected chi connectivity index (χ4v) is 3.78. The normalized spacial score (nSPS) is 13.2. The van der Waals surface area contributed by atoms with Gasteiger partial charge < -0.3 is 0 Å². The molecule has 0 saturated carbocycles. The number of rotatable bonds is 9. The molecular formula is C23H30N. The molecule has 0 bridgehead atoms. The van der Waals surface area contributed by atoms with Crippen LogP contribution in [0.3, 0.4) is 0 Å². The van der Waals surface area contributed by atoms with Crippen molar-refractivity contribution in [1.29, 1.82) is 0 Å². The van der Waals surface area contributed by atoms with E-state index in [9.17, 15) is 0 Å². The number of hydrogen-bond donors (Lipinski definition) is 0. The van der Waals surface area contributed by atoms with Crippen LogP contribution in [0.4, 0.5) is 11.4 Å². The molecule has 1 nitrogen and oxygen atoms in total. The van der Waals surface area contributed by atoms with Crippen LogP contribution in [0.1, 0.15) is 76.7 Å². The summed E-state index contributed by atoms with van der Waals surface area (Å²) < 4.78 is 0. The second kappa shape index (κ2) is 8.37. The highest BCUT2D eigenvalue weighted by molar-refractivity contribution is 5.92. The second-order valence-corrected chi connectivity index (χ2v) is 7.18. The summed E-state index contributed by atoms with van der Waals surface area (Å²) in [5.41, 5.74) is 6.37. The zero-order chi connectivity index (χ0) is 16.8. The molecule has 0 fully saturated rings. The van der Waals surface area contributed by atoms with Gasteiger partial charge in [-0.05, 0) is 24.0 Å². The van der Waals surface area contributed by atoms with E-state index >= 15 is 0 Å². The Balaban J connectivity index is 1.56. The third-order valence-electron chi connectivity index (χ3n) is 5.27. The molecule has 1 unspecified atom stereocenters. The van der Waals surface area contributed by atoms with E-state index in [2.05, 4.69) is 56.3 Å². The van der Waals surface area contributed by atoms with E-state index in [0.717, 1.165) is 5.69 Å². The lowest BCUT2D eigenvalue weighted by Gasteiger charge is -2.15. The molecular weight excluding hydrogens is 290 g/mol. The van der Waals surface area contributed by atoms with Crippen LogP contribution in [0.25, 0.3) is 11.1 Å². The summed E-state index contributed by atoms with van der Waals surface area (Å²) in [6.45, 7) is 4.65. The molecule has 1 radical (unpaired) electrons. The summed E-state index contributed by atoms with van der Waals surface area (Å²) in [5, 5.41) is 4.91. The maximum atomic E-state index is 4.91. The topological polar surface area (TPSA) is 14.1 Å². The number of nitrogens with zero attached hydrogens (tertiary/aromatic N) is 1. The summed E-state index contributed by atoms with van der Waals surface area (Å²) in [6, 6.07) is 15.2. The van der Waals surface area contributed by atoms with Crippen LogP contribution in [-0.4, -0.2) is 0 Å². The van der Waals surface area contributed by atoms with Crippen LogP contribution in [0.2, 0.25) is 0 Å². The molecule has 1 aliphatic heterocycles. The lowest BCUT2D eigenvalue weighted by molar-refractivity contribution is 0.549. The summed E-state index contributed by atoms with van der Waals surface area (Å²) in [4.78, 5) is 0. The Bertz CT molecular complexity index is 659. The fourth-order valence-electron chi connectivity index (χ4n) is 3.78. The highest BCUT2D eigenvalue weighted by Crippen LogP contribution is 2.46. The highest BCUT2D eigenvalue weighted by atomic mass is 14.9. The van der Waals surface area contributed by atoms with Gasteiger partial charge in [0, 0.05) is 11.1 Å². The smallest absolute Gasteiger partial charge is 0.0750 e. The van der Waals surface area contributed by atoms with Crippen LogP contribution in [0.5, 0.6) is 0 Å². The first-order valence-corrected chi connectivity index (χ1v) is 9.75. The van der Waals surface area contributed by atoms with Crippen molar-refractivity contribution in [2.24, 2.45) is 0 Å². The quantitative estimate of drug-likeness (QED) is 0.363. The molecule has 1 aliphatic rings. The molecule has 0 amide bonds. The standard InChI is InChI=1S/C23H30N/c1-3-4-5-6-7-8-9-13-18(2)19-15-12-16-21-20-14-10-11-17-22(20)24-23(19)21/h10-12,14-18H,3-9,13H2,1-2H3. The number of para-hydroxylation sites is 2. The molecule has 0 aliphatic carbocycles. The molecule has 0 aromatic heterocycles. The molecule has 1 atom stereocenters. The zero-order valence-corrected chi connectivity index (χ0v) is 15.2. The average molecular weight is 321 g/mol. The molecule has 0 N–H and O–H groups in total. The molecule has 24 heavy (non-hydrogen) atoms. The Morgan fingerprint density at radius 3 is 2.33 bits per heavy atom. The fraction of sp³-hybridized carbons (Fsp3) is 0.478. The van der Waals surface area contributed by atoms with E-state index in [-0.39, 0.29) is 0 Å². The Morgan fingerprint density at radius 2 is 1.50 bits per heavy atom. The minimum Gasteiger partial charge on any atom is -0.247 e. The molecule has 2 aromatic rings. The van der Waals surface area contributed by atoms with E-state index in [4.69, 9.17) is 5.32 Å². The third kappa shape index (κ3) is 3.83. The highest BCUT2D eigenvalue weighted by Gasteiger charge is 2.23. The largest absolute Gasteiger partial charge is 0.247 e. The van der Waals surface area contributed by atoms with Gasteiger partial charge in [0.1, 0.15) is 0 Å². The maximum absolute atomic E-state index is 4.91. The van der Waals surface area contributed by atoms with Crippen LogP contribution < -0.4 is 5.32 Å². The van der Waals surface area contributed by atoms with E-state index in [1.807, 2.05) is 0 Å². The molecule has 1 heterocycles. The minimum absolute atomic E-state index is 0.591. The summed E-state index contributed by atoms with van der Waals surface area (Å²) in [7, 11) is 0. The maximum Gasteiger partial charge on any atom is 0.0750 e. The molecule has 0 spiro atoms. The zero-order valence-electron chi connectivity index (χ0n) is 15.2. The van der Waals surface area contributed by atoms with Gasteiger partial charge >= 0.3 is 0 Å². The van der Waals surface area contributed by atoms with Crippen molar-refractivity contribution in [2.75, 3.05) is 0 Å². The van der Waals surface area contributed by atoms with E-state index < -0.39 is 0 Å². The van der Waals surface area contributed by atoms with Gasteiger partial charge in [-0.25, -0.2) is 5.32 Å². The van der Waals surface area contributed by atoms with E-state index in [0.29, 0.717) is 5.92 Å². The molecule has 3 rings (SSSR count). The number of benzene rings is 2. The van der Waals surface area contributed by atoms with Crippen molar-refractivity contribution in [3.8, 4) is 11.1 Å². The predicted molar refractivity (Wildman–Crippen MR) is 104 cm³/mol. The van der Waals surface area contributed by atoms with E-state index in [1.165, 1.54) is 73.7 Å². The number of hydrogen-bond acceptors (Lipinski definition) is 0. The van der Waals surface area contributed by atoms with Crippen LogP contribution in [0, 0.1) is 0 Å². The Labute approximate surface area is 147 Å². The second-order valence-electron chi connectivity index (χ2n) is 7.18. The number of fused-ring (bicyclic) bond motifs is 3. The monoisotopic (exact) mass is 320 g/mol. The van der Waals surface area contributed by atoms with Gasteiger partial charge in [0.15, 0.2) is 0 Å². The molecule has 2 aromatic carbocycles. The van der Waals surface area contributed by atoms with Gasteiger partial charge in [-0.15, -0.1) is 0 Å². The van der Waals surface area contributed by atoms with Crippen molar-refractivity contribution < 1.29 is 0 Å². The summed E-state index contributed by atoms with van der Waals surface area (Å²) in [5.74, 6) is 0.591. The lowest BCUT2D eigenvalue weighted by Crippen LogP contribution is -1.98. The van der Waals surface area contributed by atoms with Gasteiger partial charge in [0.2, 0.25) is 0 Å². The van der Waals surface area contributed by atoms with Crippen molar-refractivity contribution in [3.63, 3.8) is 0 Å². The van der Waals surface area contributed by atoms with Gasteiger partial charge in [-0.2, -0.15) is 0 Å². The van der Waals surface area contributed by atoms with E-state index in [1.54, 1.807) is 0 Å².